The standard InChI is InChI=1S/C28H26ClNO5/c1-2-3-4-15-35-23-13-11-18(12-14-23)26(32)24-25(19-7-5-10-22(31)16-19)30(28(34)27(24)33)21-9-6-8-20(29)17-21/h5-14,16-17,25,31-32H,2-4,15H2,1H3/b26-24+. The van der Waals surface area contributed by atoms with Gasteiger partial charge in [-0.05, 0) is 66.6 Å². The SMILES string of the molecule is CCCCCOc1ccc(/C(O)=C2\C(=O)C(=O)N(c3cccc(Cl)c3)C2c2cccc(O)c2)cc1. The highest BCUT2D eigenvalue weighted by Gasteiger charge is 2.47. The summed E-state index contributed by atoms with van der Waals surface area (Å²) >= 11 is 6.15. The fraction of sp³-hybridized carbons (Fsp3) is 0.214. The lowest BCUT2D eigenvalue weighted by Crippen LogP contribution is -2.29. The van der Waals surface area contributed by atoms with Gasteiger partial charge in [0, 0.05) is 16.3 Å². The number of aromatic hydroxyl groups is 1. The third-order valence-electron chi connectivity index (χ3n) is 5.86. The molecular weight excluding hydrogens is 466 g/mol. The van der Waals surface area contributed by atoms with Crippen molar-refractivity contribution in [1.29, 1.82) is 0 Å². The quantitative estimate of drug-likeness (QED) is 0.168. The van der Waals surface area contributed by atoms with Crippen molar-refractivity contribution < 1.29 is 24.5 Å². The lowest BCUT2D eigenvalue weighted by atomic mass is 9.95. The Hall–Kier alpha value is -3.77. The summed E-state index contributed by atoms with van der Waals surface area (Å²) in [4.78, 5) is 27.7. The monoisotopic (exact) mass is 491 g/mol. The molecule has 7 heteroatoms. The van der Waals surface area contributed by atoms with Crippen molar-refractivity contribution in [3.63, 3.8) is 0 Å². The zero-order valence-corrected chi connectivity index (χ0v) is 20.0. The van der Waals surface area contributed by atoms with Crippen LogP contribution in [0.5, 0.6) is 11.5 Å². The lowest BCUT2D eigenvalue weighted by Gasteiger charge is -2.25. The molecule has 4 rings (SSSR count). The van der Waals surface area contributed by atoms with Crippen LogP contribution in [0.3, 0.4) is 0 Å². The molecule has 180 valence electrons. The average molecular weight is 492 g/mol. The van der Waals surface area contributed by atoms with Gasteiger partial charge in [-0.1, -0.05) is 49.6 Å². The van der Waals surface area contributed by atoms with Crippen molar-refractivity contribution in [3.8, 4) is 11.5 Å². The van der Waals surface area contributed by atoms with Crippen molar-refractivity contribution in [3.05, 3.63) is 94.5 Å². The molecule has 1 amide bonds. The fourth-order valence-corrected chi connectivity index (χ4v) is 4.33. The van der Waals surface area contributed by atoms with Crippen LogP contribution in [0.1, 0.15) is 43.4 Å². The fourth-order valence-electron chi connectivity index (χ4n) is 4.14. The number of rotatable bonds is 8. The van der Waals surface area contributed by atoms with Crippen LogP contribution in [0.25, 0.3) is 5.76 Å². The summed E-state index contributed by atoms with van der Waals surface area (Å²) in [7, 11) is 0. The number of aliphatic hydroxyl groups is 1. The molecule has 3 aromatic carbocycles. The Morgan fingerprint density at radius 2 is 1.74 bits per heavy atom. The van der Waals surface area contributed by atoms with Gasteiger partial charge in [0.05, 0.1) is 18.2 Å². The summed E-state index contributed by atoms with van der Waals surface area (Å²) in [5, 5.41) is 21.7. The molecule has 1 fully saturated rings. The first kappa shape index (κ1) is 24.4. The molecule has 3 aromatic rings. The Morgan fingerprint density at radius 1 is 1.00 bits per heavy atom. The van der Waals surface area contributed by atoms with E-state index in [1.807, 2.05) is 0 Å². The second kappa shape index (κ2) is 10.7. The number of halogens is 1. The number of aliphatic hydroxyl groups excluding tert-OH is 1. The van der Waals surface area contributed by atoms with Gasteiger partial charge in [-0.25, -0.2) is 0 Å². The minimum Gasteiger partial charge on any atom is -0.508 e. The predicted octanol–water partition coefficient (Wildman–Crippen LogP) is 6.24. The maximum absolute atomic E-state index is 13.2. The van der Waals surface area contributed by atoms with E-state index in [1.54, 1.807) is 60.7 Å². The minimum absolute atomic E-state index is 0.0243. The number of hydrogen-bond donors (Lipinski definition) is 2. The van der Waals surface area contributed by atoms with Crippen molar-refractivity contribution >= 4 is 34.7 Å². The van der Waals surface area contributed by atoms with Crippen LogP contribution in [-0.4, -0.2) is 28.5 Å². The number of phenolic OH excluding ortho intramolecular Hbond substituents is 1. The molecule has 6 nitrogen and oxygen atoms in total. The second-order valence-corrected chi connectivity index (χ2v) is 8.76. The van der Waals surface area contributed by atoms with Crippen LogP contribution < -0.4 is 9.64 Å². The highest BCUT2D eigenvalue weighted by atomic mass is 35.5. The summed E-state index contributed by atoms with van der Waals surface area (Å²) in [5.41, 5.74) is 1.18. The molecule has 1 atom stereocenters. The van der Waals surface area contributed by atoms with E-state index in [0.717, 1.165) is 19.3 Å². The molecular formula is C28H26ClNO5. The van der Waals surface area contributed by atoms with Gasteiger partial charge in [0.25, 0.3) is 11.7 Å². The topological polar surface area (TPSA) is 87.1 Å². The Bertz CT molecular complexity index is 1270. The van der Waals surface area contributed by atoms with Gasteiger partial charge >= 0.3 is 0 Å². The number of amides is 1. The summed E-state index contributed by atoms with van der Waals surface area (Å²) in [6, 6.07) is 18.6. The molecule has 0 spiro atoms. The van der Waals surface area contributed by atoms with E-state index < -0.39 is 17.7 Å². The minimum atomic E-state index is -0.953. The Labute approximate surface area is 209 Å². The molecule has 2 N–H and O–H groups in total. The van der Waals surface area contributed by atoms with Crippen molar-refractivity contribution in [2.75, 3.05) is 11.5 Å². The van der Waals surface area contributed by atoms with Gasteiger partial charge in [0.15, 0.2) is 0 Å². The highest BCUT2D eigenvalue weighted by molar-refractivity contribution is 6.51. The van der Waals surface area contributed by atoms with E-state index in [9.17, 15) is 19.8 Å². The first-order chi connectivity index (χ1) is 16.9. The Morgan fingerprint density at radius 3 is 2.43 bits per heavy atom. The summed E-state index contributed by atoms with van der Waals surface area (Å²) in [6.45, 7) is 2.72. The van der Waals surface area contributed by atoms with Crippen LogP contribution in [-0.2, 0) is 9.59 Å². The predicted molar refractivity (Wildman–Crippen MR) is 136 cm³/mol. The number of anilines is 1. The van der Waals surface area contributed by atoms with Gasteiger partial charge in [-0.15, -0.1) is 0 Å². The molecule has 0 radical (unpaired) electrons. The van der Waals surface area contributed by atoms with Crippen molar-refractivity contribution in [2.45, 2.75) is 32.2 Å². The maximum atomic E-state index is 13.2. The molecule has 0 saturated carbocycles. The number of carbonyl (C=O) groups excluding carboxylic acids is 2. The second-order valence-electron chi connectivity index (χ2n) is 8.32. The smallest absolute Gasteiger partial charge is 0.300 e. The first-order valence-electron chi connectivity index (χ1n) is 11.5. The van der Waals surface area contributed by atoms with Crippen LogP contribution in [0.2, 0.25) is 5.02 Å². The molecule has 0 aliphatic carbocycles. The number of ketones is 1. The number of nitrogens with zero attached hydrogens (tertiary/aromatic N) is 1. The van der Waals surface area contributed by atoms with Crippen LogP contribution in [0.15, 0.2) is 78.4 Å². The lowest BCUT2D eigenvalue weighted by molar-refractivity contribution is -0.132. The summed E-state index contributed by atoms with van der Waals surface area (Å²) in [5.74, 6) is -1.29. The Kier molecular flexibility index (Phi) is 7.42. The van der Waals surface area contributed by atoms with Crippen molar-refractivity contribution in [2.24, 2.45) is 0 Å². The van der Waals surface area contributed by atoms with Gasteiger partial charge in [-0.2, -0.15) is 0 Å². The van der Waals surface area contributed by atoms with E-state index in [0.29, 0.717) is 34.2 Å². The van der Waals surface area contributed by atoms with Crippen LogP contribution in [0.4, 0.5) is 5.69 Å². The summed E-state index contributed by atoms with van der Waals surface area (Å²) < 4.78 is 5.73. The molecule has 0 bridgehead atoms. The van der Waals surface area contributed by atoms with Gasteiger partial charge < -0.3 is 14.9 Å². The first-order valence-corrected chi connectivity index (χ1v) is 11.9. The zero-order chi connectivity index (χ0) is 24.9. The molecule has 1 aliphatic heterocycles. The highest BCUT2D eigenvalue weighted by Crippen LogP contribution is 2.43. The van der Waals surface area contributed by atoms with E-state index in [4.69, 9.17) is 16.3 Å². The van der Waals surface area contributed by atoms with E-state index in [-0.39, 0.29) is 17.1 Å². The number of unbranched alkanes of at least 4 members (excludes halogenated alkanes) is 2. The maximum Gasteiger partial charge on any atom is 0.300 e. The molecule has 1 unspecified atom stereocenters. The Balaban J connectivity index is 1.76. The third-order valence-corrected chi connectivity index (χ3v) is 6.10. The van der Waals surface area contributed by atoms with E-state index in [1.165, 1.54) is 17.0 Å². The number of phenols is 1. The molecule has 0 aromatic heterocycles. The van der Waals surface area contributed by atoms with E-state index in [2.05, 4.69) is 6.92 Å². The van der Waals surface area contributed by atoms with Gasteiger partial charge in [-0.3, -0.25) is 14.5 Å². The van der Waals surface area contributed by atoms with E-state index >= 15 is 0 Å². The number of carbonyl (C=O) groups is 2. The number of ether oxygens (including phenoxy) is 1. The van der Waals surface area contributed by atoms with Crippen LogP contribution >= 0.6 is 11.6 Å². The normalized spacial score (nSPS) is 17.1. The number of Topliss-reactive ketones (excluding diaryl/α,β-unsaturated/α-hetero) is 1. The van der Waals surface area contributed by atoms with Crippen LogP contribution in [0, 0.1) is 0 Å². The number of benzene rings is 3. The molecule has 1 saturated heterocycles. The third kappa shape index (κ3) is 5.17. The summed E-state index contributed by atoms with van der Waals surface area (Å²) in [6.07, 6.45) is 3.14. The molecule has 1 heterocycles. The molecule has 35 heavy (non-hydrogen) atoms. The largest absolute Gasteiger partial charge is 0.508 e. The molecule has 1 aliphatic rings. The zero-order valence-electron chi connectivity index (χ0n) is 19.3. The average Bonchev–Trinajstić information content (AvgIpc) is 3.12. The number of hydrogen-bond acceptors (Lipinski definition) is 5. The van der Waals surface area contributed by atoms with Gasteiger partial charge in [0.2, 0.25) is 0 Å². The van der Waals surface area contributed by atoms with Crippen molar-refractivity contribution in [1.82, 2.24) is 0 Å². The van der Waals surface area contributed by atoms with Gasteiger partial charge in [0.1, 0.15) is 17.3 Å².